The van der Waals surface area contributed by atoms with Gasteiger partial charge in [-0.15, -0.1) is 0 Å². The second-order valence-electron chi connectivity index (χ2n) is 7.08. The van der Waals surface area contributed by atoms with E-state index in [0.717, 1.165) is 5.92 Å². The van der Waals surface area contributed by atoms with Crippen molar-refractivity contribution in [3.05, 3.63) is 12.2 Å². The van der Waals surface area contributed by atoms with Gasteiger partial charge in [0.15, 0.2) is 0 Å². The van der Waals surface area contributed by atoms with E-state index in [0.29, 0.717) is 0 Å². The van der Waals surface area contributed by atoms with Gasteiger partial charge in [-0.05, 0) is 31.6 Å². The van der Waals surface area contributed by atoms with Crippen molar-refractivity contribution in [1.82, 2.24) is 0 Å². The Morgan fingerprint density at radius 3 is 1.73 bits per heavy atom. The van der Waals surface area contributed by atoms with Crippen molar-refractivity contribution in [2.24, 2.45) is 5.92 Å². The molecule has 1 atom stereocenters. The van der Waals surface area contributed by atoms with E-state index in [2.05, 4.69) is 32.9 Å². The summed E-state index contributed by atoms with van der Waals surface area (Å²) in [6.07, 6.45) is 27.4. The molecule has 1 unspecified atom stereocenters. The predicted molar refractivity (Wildman–Crippen MR) is 104 cm³/mol. The minimum absolute atomic E-state index is 0.973. The number of hydrogen-bond acceptors (Lipinski definition) is 0. The summed E-state index contributed by atoms with van der Waals surface area (Å²) in [6, 6.07) is 0. The Labute approximate surface area is 142 Å². The molecule has 0 bridgehead atoms. The summed E-state index contributed by atoms with van der Waals surface area (Å²) in [6.45, 7) is 6.96. The minimum atomic E-state index is 0.973. The van der Waals surface area contributed by atoms with Crippen LogP contribution >= 0.6 is 0 Å². The first-order valence-electron chi connectivity index (χ1n) is 10.5. The molecule has 0 aromatic heterocycles. The monoisotopic (exact) mass is 308 g/mol. The van der Waals surface area contributed by atoms with Gasteiger partial charge >= 0.3 is 0 Å². The minimum Gasteiger partial charge on any atom is -0.0885 e. The number of unbranched alkanes of at least 4 members (excludes halogenated alkanes) is 10. The zero-order chi connectivity index (χ0) is 16.3. The van der Waals surface area contributed by atoms with E-state index in [1.165, 1.54) is 103 Å². The molecule has 0 rings (SSSR count). The van der Waals surface area contributed by atoms with Gasteiger partial charge in [0.2, 0.25) is 0 Å². The molecule has 0 aromatic carbocycles. The van der Waals surface area contributed by atoms with E-state index in [1.54, 1.807) is 0 Å². The molecule has 0 saturated carbocycles. The molecule has 0 amide bonds. The molecule has 132 valence electrons. The Hall–Kier alpha value is -0.260. The maximum absolute atomic E-state index is 2.44. The highest BCUT2D eigenvalue weighted by Crippen LogP contribution is 2.20. The molecule has 22 heavy (non-hydrogen) atoms. The van der Waals surface area contributed by atoms with Gasteiger partial charge in [0.25, 0.3) is 0 Å². The SMILES string of the molecule is CCCCCC/C=C/CCC(CC)CCCCCCCCC. The largest absolute Gasteiger partial charge is 0.0885 e. The quantitative estimate of drug-likeness (QED) is 0.187. The van der Waals surface area contributed by atoms with Gasteiger partial charge in [-0.1, -0.05) is 110 Å². The summed E-state index contributed by atoms with van der Waals surface area (Å²) in [5, 5.41) is 0. The highest BCUT2D eigenvalue weighted by molar-refractivity contribution is 4.82. The lowest BCUT2D eigenvalue weighted by molar-refractivity contribution is 0.414. The molecule has 0 saturated heterocycles. The Morgan fingerprint density at radius 2 is 1.09 bits per heavy atom. The molecule has 0 aliphatic rings. The lowest BCUT2D eigenvalue weighted by Crippen LogP contribution is -1.98. The standard InChI is InChI=1S/C22H44/c1-4-7-9-11-13-15-17-19-21-22(6-3)20-18-16-14-12-10-8-5-2/h15,17,22H,4-14,16,18-21H2,1-3H3/b17-15+. The fourth-order valence-electron chi connectivity index (χ4n) is 3.20. The first-order chi connectivity index (χ1) is 10.8. The van der Waals surface area contributed by atoms with Crippen molar-refractivity contribution in [1.29, 1.82) is 0 Å². The van der Waals surface area contributed by atoms with E-state index in [9.17, 15) is 0 Å². The van der Waals surface area contributed by atoms with Crippen molar-refractivity contribution in [3.63, 3.8) is 0 Å². The van der Waals surface area contributed by atoms with E-state index < -0.39 is 0 Å². The Morgan fingerprint density at radius 1 is 0.545 bits per heavy atom. The normalized spacial score (nSPS) is 13.0. The van der Waals surface area contributed by atoms with E-state index in [-0.39, 0.29) is 0 Å². The fraction of sp³-hybridized carbons (Fsp3) is 0.909. The summed E-state index contributed by atoms with van der Waals surface area (Å²) in [7, 11) is 0. The van der Waals surface area contributed by atoms with Crippen LogP contribution < -0.4 is 0 Å². The maximum Gasteiger partial charge on any atom is -0.0348 e. The van der Waals surface area contributed by atoms with Gasteiger partial charge in [-0.25, -0.2) is 0 Å². The van der Waals surface area contributed by atoms with Crippen LogP contribution in [0.25, 0.3) is 0 Å². The lowest BCUT2D eigenvalue weighted by atomic mass is 9.93. The third-order valence-electron chi connectivity index (χ3n) is 4.93. The second kappa shape index (κ2) is 18.8. The molecule has 0 spiro atoms. The van der Waals surface area contributed by atoms with E-state index in [4.69, 9.17) is 0 Å². The molecular formula is C22H44. The zero-order valence-electron chi connectivity index (χ0n) is 16.0. The summed E-state index contributed by atoms with van der Waals surface area (Å²) in [5.74, 6) is 0.973. The summed E-state index contributed by atoms with van der Waals surface area (Å²) in [4.78, 5) is 0. The van der Waals surface area contributed by atoms with Crippen LogP contribution in [-0.4, -0.2) is 0 Å². The molecular weight excluding hydrogens is 264 g/mol. The molecule has 0 heteroatoms. The summed E-state index contributed by atoms with van der Waals surface area (Å²) in [5.41, 5.74) is 0. The molecule has 0 nitrogen and oxygen atoms in total. The van der Waals surface area contributed by atoms with E-state index in [1.807, 2.05) is 0 Å². The fourth-order valence-corrected chi connectivity index (χ4v) is 3.20. The van der Waals surface area contributed by atoms with Gasteiger partial charge in [0.1, 0.15) is 0 Å². The van der Waals surface area contributed by atoms with Crippen LogP contribution in [0.3, 0.4) is 0 Å². The van der Waals surface area contributed by atoms with E-state index >= 15 is 0 Å². The van der Waals surface area contributed by atoms with Crippen molar-refractivity contribution >= 4 is 0 Å². The average Bonchev–Trinajstić information content (AvgIpc) is 2.54. The van der Waals surface area contributed by atoms with Gasteiger partial charge in [-0.3, -0.25) is 0 Å². The molecule has 0 aliphatic heterocycles. The Bertz CT molecular complexity index is 216. The van der Waals surface area contributed by atoms with Crippen LogP contribution in [0, 0.1) is 5.92 Å². The van der Waals surface area contributed by atoms with Gasteiger partial charge in [-0.2, -0.15) is 0 Å². The Balaban J connectivity index is 3.40. The summed E-state index contributed by atoms with van der Waals surface area (Å²) < 4.78 is 0. The highest BCUT2D eigenvalue weighted by Gasteiger charge is 2.04. The van der Waals surface area contributed by atoms with Crippen LogP contribution in [0.4, 0.5) is 0 Å². The molecule has 0 heterocycles. The molecule has 0 aliphatic carbocycles. The summed E-state index contributed by atoms with van der Waals surface area (Å²) >= 11 is 0. The smallest absolute Gasteiger partial charge is 0.0348 e. The zero-order valence-corrected chi connectivity index (χ0v) is 16.0. The number of hydrogen-bond donors (Lipinski definition) is 0. The number of rotatable bonds is 17. The molecule has 0 fully saturated rings. The van der Waals surface area contributed by atoms with Crippen LogP contribution in [0.1, 0.15) is 124 Å². The molecule has 0 N–H and O–H groups in total. The molecule has 0 aromatic rings. The topological polar surface area (TPSA) is 0 Å². The van der Waals surface area contributed by atoms with Gasteiger partial charge in [0.05, 0.1) is 0 Å². The lowest BCUT2D eigenvalue weighted by Gasteiger charge is -2.13. The molecule has 0 radical (unpaired) electrons. The predicted octanol–water partition coefficient (Wildman–Crippen LogP) is 8.46. The second-order valence-corrected chi connectivity index (χ2v) is 7.08. The highest BCUT2D eigenvalue weighted by atomic mass is 14.1. The number of allylic oxidation sites excluding steroid dienone is 2. The van der Waals surface area contributed by atoms with Crippen molar-refractivity contribution in [2.75, 3.05) is 0 Å². The maximum atomic E-state index is 2.44. The van der Waals surface area contributed by atoms with Crippen molar-refractivity contribution in [2.45, 2.75) is 124 Å². The van der Waals surface area contributed by atoms with Crippen LogP contribution in [0.5, 0.6) is 0 Å². The average molecular weight is 309 g/mol. The third kappa shape index (κ3) is 16.1. The first kappa shape index (κ1) is 21.7. The van der Waals surface area contributed by atoms with Crippen LogP contribution in [0.15, 0.2) is 12.2 Å². The van der Waals surface area contributed by atoms with Crippen LogP contribution in [0.2, 0.25) is 0 Å². The third-order valence-corrected chi connectivity index (χ3v) is 4.93. The van der Waals surface area contributed by atoms with Crippen molar-refractivity contribution < 1.29 is 0 Å². The van der Waals surface area contributed by atoms with Crippen LogP contribution in [-0.2, 0) is 0 Å². The van der Waals surface area contributed by atoms with Crippen molar-refractivity contribution in [3.8, 4) is 0 Å². The van der Waals surface area contributed by atoms with Gasteiger partial charge < -0.3 is 0 Å². The first-order valence-corrected chi connectivity index (χ1v) is 10.5. The Kier molecular flexibility index (Phi) is 18.6. The van der Waals surface area contributed by atoms with Gasteiger partial charge in [0, 0.05) is 0 Å².